The summed E-state index contributed by atoms with van der Waals surface area (Å²) in [4.78, 5) is 10.3. The molecule has 0 spiro atoms. The summed E-state index contributed by atoms with van der Waals surface area (Å²) >= 11 is 6.40. The zero-order valence-corrected chi connectivity index (χ0v) is 16.7. The zero-order chi connectivity index (χ0) is 19.9. The average Bonchev–Trinajstić information content (AvgIpc) is 3.28. The molecule has 0 saturated carbocycles. The van der Waals surface area contributed by atoms with Gasteiger partial charge in [0.1, 0.15) is 6.26 Å². The van der Waals surface area contributed by atoms with Crippen molar-refractivity contribution in [3.63, 3.8) is 0 Å². The third kappa shape index (κ3) is 3.26. The Morgan fingerprint density at radius 3 is 2.79 bits per heavy atom. The maximum Gasteiger partial charge on any atom is 0.238 e. The number of hydrogen-bond acceptors (Lipinski definition) is 5. The van der Waals surface area contributed by atoms with Crippen LogP contribution in [0.1, 0.15) is 37.8 Å². The van der Waals surface area contributed by atoms with Gasteiger partial charge in [-0.15, -0.1) is 0 Å². The molecule has 4 rings (SSSR count). The molecule has 28 heavy (non-hydrogen) atoms. The van der Waals surface area contributed by atoms with Gasteiger partial charge in [0.05, 0.1) is 16.9 Å². The first-order valence-corrected chi connectivity index (χ1v) is 9.33. The number of oxazole rings is 1. The van der Waals surface area contributed by atoms with Crippen LogP contribution in [0.5, 0.6) is 0 Å². The molecule has 3 aromatic rings. The molecule has 0 bridgehead atoms. The molecule has 5 nitrogen and oxygen atoms in total. The molecule has 0 fully saturated rings. The van der Waals surface area contributed by atoms with Crippen molar-refractivity contribution in [2.75, 3.05) is 11.4 Å². The Labute approximate surface area is 169 Å². The molecule has 1 N–H and O–H groups in total. The number of nitrogens with zero attached hydrogens (tertiary/aromatic N) is 3. The molecule has 1 unspecified atom stereocenters. The fourth-order valence-electron chi connectivity index (χ4n) is 3.48. The number of anilines is 2. The smallest absolute Gasteiger partial charge is 0.238 e. The topological polar surface area (TPSA) is 62.4 Å². The van der Waals surface area contributed by atoms with Crippen molar-refractivity contribution in [3.8, 4) is 11.8 Å². The number of halogens is 1. The van der Waals surface area contributed by atoms with E-state index >= 15 is 0 Å². The van der Waals surface area contributed by atoms with Crippen molar-refractivity contribution in [2.45, 2.75) is 31.8 Å². The quantitative estimate of drug-likeness (QED) is 0.653. The number of rotatable bonds is 2. The summed E-state index contributed by atoms with van der Waals surface area (Å²) in [5.74, 6) is 6.07. The molecule has 1 aliphatic rings. The molecule has 1 atom stereocenters. The summed E-state index contributed by atoms with van der Waals surface area (Å²) in [5, 5.41) is 11.1. The van der Waals surface area contributed by atoms with E-state index in [9.17, 15) is 5.11 Å². The van der Waals surface area contributed by atoms with Crippen LogP contribution >= 0.6 is 11.6 Å². The maximum atomic E-state index is 10.5. The first-order chi connectivity index (χ1) is 13.3. The van der Waals surface area contributed by atoms with Crippen molar-refractivity contribution < 1.29 is 9.52 Å². The fraction of sp³-hybridized carbons (Fsp3) is 0.273. The van der Waals surface area contributed by atoms with E-state index < -0.39 is 5.60 Å². The number of pyridine rings is 1. The summed E-state index contributed by atoms with van der Waals surface area (Å²) < 4.78 is 5.18. The molecule has 142 valence electrons. The van der Waals surface area contributed by atoms with Gasteiger partial charge in [-0.05, 0) is 30.7 Å². The Morgan fingerprint density at radius 1 is 1.25 bits per heavy atom. The molecule has 0 aliphatic carbocycles. The van der Waals surface area contributed by atoms with Gasteiger partial charge in [-0.2, -0.15) is 0 Å². The van der Waals surface area contributed by atoms with Gasteiger partial charge in [0.25, 0.3) is 0 Å². The molecule has 1 aromatic carbocycles. The van der Waals surface area contributed by atoms with Crippen LogP contribution in [-0.2, 0) is 11.0 Å². The van der Waals surface area contributed by atoms with E-state index in [1.54, 1.807) is 19.3 Å². The highest BCUT2D eigenvalue weighted by molar-refractivity contribution is 6.33. The summed E-state index contributed by atoms with van der Waals surface area (Å²) in [7, 11) is 0. The van der Waals surface area contributed by atoms with Crippen LogP contribution in [0, 0.1) is 11.8 Å². The molecular formula is C22H20ClN3O2. The van der Waals surface area contributed by atoms with Crippen LogP contribution < -0.4 is 4.90 Å². The van der Waals surface area contributed by atoms with Crippen LogP contribution in [0.2, 0.25) is 5.02 Å². The van der Waals surface area contributed by atoms with Crippen molar-refractivity contribution in [1.82, 2.24) is 9.97 Å². The van der Waals surface area contributed by atoms with E-state index in [2.05, 4.69) is 46.6 Å². The average molecular weight is 394 g/mol. The third-order valence-electron chi connectivity index (χ3n) is 4.91. The molecule has 0 radical (unpaired) electrons. The molecule has 0 saturated heterocycles. The minimum atomic E-state index is -1.46. The lowest BCUT2D eigenvalue weighted by atomic mass is 9.86. The second-order valence-corrected chi connectivity index (χ2v) is 8.10. The SMILES string of the molecule is CC(O)(C#Cc1ccc2c(c1)N(c1ccncc1Cl)CC2(C)C)c1ncco1. The zero-order valence-electron chi connectivity index (χ0n) is 15.9. The minimum absolute atomic E-state index is 0.0303. The van der Waals surface area contributed by atoms with Gasteiger partial charge in [0, 0.05) is 35.6 Å². The number of benzene rings is 1. The van der Waals surface area contributed by atoms with E-state index in [0.717, 1.165) is 23.5 Å². The number of aromatic nitrogens is 2. The van der Waals surface area contributed by atoms with Gasteiger partial charge >= 0.3 is 0 Å². The van der Waals surface area contributed by atoms with E-state index in [-0.39, 0.29) is 11.3 Å². The van der Waals surface area contributed by atoms with Crippen LogP contribution in [0.15, 0.2) is 53.5 Å². The lowest BCUT2D eigenvalue weighted by molar-refractivity contribution is 0.0893. The van der Waals surface area contributed by atoms with Crippen molar-refractivity contribution in [1.29, 1.82) is 0 Å². The lowest BCUT2D eigenvalue weighted by Crippen LogP contribution is -2.25. The monoisotopic (exact) mass is 393 g/mol. The number of fused-ring (bicyclic) bond motifs is 1. The first kappa shape index (κ1) is 18.5. The number of hydrogen-bond donors (Lipinski definition) is 1. The van der Waals surface area contributed by atoms with Gasteiger partial charge in [-0.25, -0.2) is 4.98 Å². The van der Waals surface area contributed by atoms with Gasteiger partial charge in [-0.3, -0.25) is 4.98 Å². The van der Waals surface area contributed by atoms with E-state index in [1.807, 2.05) is 18.2 Å². The predicted molar refractivity (Wildman–Crippen MR) is 109 cm³/mol. The predicted octanol–water partition coefficient (Wildman–Crippen LogP) is 4.41. The minimum Gasteiger partial charge on any atom is -0.445 e. The second kappa shape index (κ2) is 6.66. The summed E-state index contributed by atoms with van der Waals surface area (Å²) in [6, 6.07) is 8.00. The Hall–Kier alpha value is -2.81. The van der Waals surface area contributed by atoms with Gasteiger partial charge < -0.3 is 14.4 Å². The maximum absolute atomic E-state index is 10.5. The van der Waals surface area contributed by atoms with Crippen molar-refractivity contribution >= 4 is 23.0 Å². The Kier molecular flexibility index (Phi) is 4.41. The molecule has 3 heterocycles. The van der Waals surface area contributed by atoms with E-state index in [4.69, 9.17) is 16.0 Å². The molecule has 1 aliphatic heterocycles. The Bertz CT molecular complexity index is 1080. The lowest BCUT2D eigenvalue weighted by Gasteiger charge is -2.23. The highest BCUT2D eigenvalue weighted by atomic mass is 35.5. The Morgan fingerprint density at radius 2 is 2.07 bits per heavy atom. The summed E-state index contributed by atoms with van der Waals surface area (Å²) in [6.45, 7) is 6.78. The standard InChI is InChI=1S/C22H20ClN3O2/c1-21(2)14-26(18-7-9-24-13-17(18)23)19-12-15(4-5-16(19)21)6-8-22(3,27)20-25-10-11-28-20/h4-5,7,9-13,27H,14H2,1-3H3. The summed E-state index contributed by atoms with van der Waals surface area (Å²) in [5.41, 5.74) is 2.50. The van der Waals surface area contributed by atoms with Crippen LogP contribution in [0.4, 0.5) is 11.4 Å². The van der Waals surface area contributed by atoms with Crippen molar-refractivity contribution in [2.24, 2.45) is 0 Å². The van der Waals surface area contributed by atoms with Crippen LogP contribution in [-0.4, -0.2) is 21.6 Å². The fourth-order valence-corrected chi connectivity index (χ4v) is 3.70. The molecular weight excluding hydrogens is 374 g/mol. The molecule has 2 aromatic heterocycles. The van der Waals surface area contributed by atoms with Gasteiger partial charge in [-0.1, -0.05) is 43.4 Å². The van der Waals surface area contributed by atoms with Gasteiger partial charge in [0.2, 0.25) is 5.89 Å². The van der Waals surface area contributed by atoms with Crippen molar-refractivity contribution in [3.05, 3.63) is 71.2 Å². The van der Waals surface area contributed by atoms with E-state index in [1.165, 1.54) is 18.0 Å². The molecule has 6 heteroatoms. The highest BCUT2D eigenvalue weighted by Crippen LogP contribution is 2.46. The third-order valence-corrected chi connectivity index (χ3v) is 5.20. The largest absolute Gasteiger partial charge is 0.445 e. The van der Waals surface area contributed by atoms with E-state index in [0.29, 0.717) is 5.02 Å². The second-order valence-electron chi connectivity index (χ2n) is 7.69. The summed E-state index contributed by atoms with van der Waals surface area (Å²) in [6.07, 6.45) is 6.29. The van der Waals surface area contributed by atoms with Gasteiger partial charge in [0.15, 0.2) is 5.60 Å². The van der Waals surface area contributed by atoms with Crippen LogP contribution in [0.25, 0.3) is 0 Å². The first-order valence-electron chi connectivity index (χ1n) is 8.95. The Balaban J connectivity index is 1.75. The van der Waals surface area contributed by atoms with Crippen LogP contribution in [0.3, 0.4) is 0 Å². The molecule has 0 amide bonds. The normalized spacial score (nSPS) is 16.8. The highest BCUT2D eigenvalue weighted by Gasteiger charge is 2.36. The number of aliphatic hydroxyl groups is 1.